The third-order valence-electron chi connectivity index (χ3n) is 5.89. The van der Waals surface area contributed by atoms with Crippen molar-refractivity contribution in [1.29, 1.82) is 0 Å². The zero-order valence-corrected chi connectivity index (χ0v) is 19.5. The third-order valence-corrected chi connectivity index (χ3v) is 5.89. The highest BCUT2D eigenvalue weighted by Crippen LogP contribution is 2.37. The van der Waals surface area contributed by atoms with Crippen LogP contribution in [0.1, 0.15) is 49.3 Å². The molecule has 1 amide bonds. The summed E-state index contributed by atoms with van der Waals surface area (Å²) in [4.78, 5) is 28.8. The summed E-state index contributed by atoms with van der Waals surface area (Å²) < 4.78 is 11.3. The summed E-state index contributed by atoms with van der Waals surface area (Å²) in [7, 11) is 1.60. The number of aromatic nitrogens is 3. The number of amides is 1. The number of carbonyl (C=O) groups is 1. The lowest BCUT2D eigenvalue weighted by Gasteiger charge is -2.26. The maximum Gasteiger partial charge on any atom is 0.261 e. The Balaban J connectivity index is 1.58. The Kier molecular flexibility index (Phi) is 7.17. The van der Waals surface area contributed by atoms with E-state index in [-0.39, 0.29) is 18.6 Å². The summed E-state index contributed by atoms with van der Waals surface area (Å²) in [6.07, 6.45) is 8.97. The number of nitrogens with zero attached hydrogens (tertiary/aromatic N) is 4. The van der Waals surface area contributed by atoms with E-state index in [0.29, 0.717) is 18.0 Å². The monoisotopic (exact) mass is 446 g/mol. The Hall–Kier alpha value is -3.48. The number of likely N-dealkylation sites (tertiary alicyclic amines) is 1. The minimum atomic E-state index is -0.109. The van der Waals surface area contributed by atoms with Crippen molar-refractivity contribution in [3.63, 3.8) is 0 Å². The normalized spacial score (nSPS) is 15.5. The van der Waals surface area contributed by atoms with Crippen molar-refractivity contribution in [3.05, 3.63) is 66.0 Å². The lowest BCUT2D eigenvalue weighted by atomic mass is 10.0. The van der Waals surface area contributed by atoms with Gasteiger partial charge in [-0.05, 0) is 61.6 Å². The molecule has 0 unspecified atom stereocenters. The number of hydrogen-bond acceptors (Lipinski definition) is 6. The van der Waals surface area contributed by atoms with Gasteiger partial charge in [0.2, 0.25) is 0 Å². The zero-order valence-electron chi connectivity index (χ0n) is 19.5. The van der Waals surface area contributed by atoms with Crippen LogP contribution in [0.2, 0.25) is 0 Å². The van der Waals surface area contributed by atoms with Crippen molar-refractivity contribution in [2.75, 3.05) is 20.3 Å². The van der Waals surface area contributed by atoms with E-state index < -0.39 is 0 Å². The molecule has 1 aliphatic rings. The molecular formula is C26H30N4O3. The second-order valence-corrected chi connectivity index (χ2v) is 8.26. The molecule has 0 saturated carbocycles. The van der Waals surface area contributed by atoms with Gasteiger partial charge < -0.3 is 14.4 Å². The molecule has 0 aliphatic carbocycles. The second-order valence-electron chi connectivity index (χ2n) is 8.26. The molecule has 172 valence electrons. The number of carbonyl (C=O) groups excluding carboxylic acids is 1. The van der Waals surface area contributed by atoms with Crippen LogP contribution in [0.5, 0.6) is 11.5 Å². The summed E-state index contributed by atoms with van der Waals surface area (Å²) in [6.45, 7) is 4.73. The minimum absolute atomic E-state index is 0.0482. The molecule has 33 heavy (non-hydrogen) atoms. The molecule has 0 spiro atoms. The first kappa shape index (κ1) is 22.7. The molecule has 1 atom stereocenters. The number of pyridine rings is 1. The maximum absolute atomic E-state index is 13.2. The molecular weight excluding hydrogens is 416 g/mol. The minimum Gasteiger partial charge on any atom is -0.493 e. The number of methoxy groups -OCH3 is 1. The van der Waals surface area contributed by atoms with Crippen LogP contribution < -0.4 is 9.47 Å². The largest absolute Gasteiger partial charge is 0.493 e. The molecule has 1 aromatic carbocycles. The highest BCUT2D eigenvalue weighted by atomic mass is 16.5. The van der Waals surface area contributed by atoms with Crippen molar-refractivity contribution in [3.8, 4) is 22.6 Å². The number of hydrogen-bond donors (Lipinski definition) is 0. The summed E-state index contributed by atoms with van der Waals surface area (Å²) in [6, 6.07) is 9.48. The molecule has 0 N–H and O–H groups in total. The van der Waals surface area contributed by atoms with E-state index in [4.69, 9.17) is 14.5 Å². The molecule has 0 bridgehead atoms. The highest BCUT2D eigenvalue weighted by Gasteiger charge is 2.33. The number of benzene rings is 1. The van der Waals surface area contributed by atoms with Crippen molar-refractivity contribution in [2.45, 2.75) is 45.6 Å². The maximum atomic E-state index is 13.2. The quantitative estimate of drug-likeness (QED) is 0.505. The van der Waals surface area contributed by atoms with Gasteiger partial charge in [-0.2, -0.15) is 0 Å². The number of aryl methyl sites for hydroxylation is 2. The smallest absolute Gasteiger partial charge is 0.261 e. The van der Waals surface area contributed by atoms with Gasteiger partial charge in [0.1, 0.15) is 5.82 Å². The van der Waals surface area contributed by atoms with Gasteiger partial charge in [-0.25, -0.2) is 9.97 Å². The third kappa shape index (κ3) is 5.13. The fourth-order valence-electron chi connectivity index (χ4n) is 4.25. The van der Waals surface area contributed by atoms with E-state index in [0.717, 1.165) is 53.9 Å². The summed E-state index contributed by atoms with van der Waals surface area (Å²) in [5.41, 5.74) is 3.92. The van der Waals surface area contributed by atoms with Gasteiger partial charge in [0.25, 0.3) is 5.91 Å². The first-order valence-corrected chi connectivity index (χ1v) is 11.4. The topological polar surface area (TPSA) is 77.4 Å². The average molecular weight is 447 g/mol. The van der Waals surface area contributed by atoms with Crippen molar-refractivity contribution in [1.82, 2.24) is 19.9 Å². The van der Waals surface area contributed by atoms with E-state index in [1.807, 2.05) is 48.4 Å². The molecule has 1 aliphatic heterocycles. The van der Waals surface area contributed by atoms with Gasteiger partial charge in [0.05, 0.1) is 18.8 Å². The lowest BCUT2D eigenvalue weighted by Crippen LogP contribution is -2.35. The average Bonchev–Trinajstić information content (AvgIpc) is 3.34. The fourth-order valence-corrected chi connectivity index (χ4v) is 4.25. The Bertz CT molecular complexity index is 1100. The first-order chi connectivity index (χ1) is 16.1. The molecule has 4 rings (SSSR count). The zero-order chi connectivity index (χ0) is 23.2. The van der Waals surface area contributed by atoms with E-state index in [1.54, 1.807) is 19.5 Å². The molecule has 3 heterocycles. The number of ether oxygens (including phenoxy) is 2. The van der Waals surface area contributed by atoms with Gasteiger partial charge in [-0.1, -0.05) is 13.0 Å². The fraction of sp³-hybridized carbons (Fsp3) is 0.385. The van der Waals surface area contributed by atoms with Crippen molar-refractivity contribution >= 4 is 5.91 Å². The van der Waals surface area contributed by atoms with Crippen LogP contribution in [-0.4, -0.2) is 46.0 Å². The van der Waals surface area contributed by atoms with Gasteiger partial charge in [0, 0.05) is 37.1 Å². The SMILES string of the molecule is CCCc1ncc(-c2ccncc2)c([C@H]2CCCN2C(=O)COc2ccc(C)cc2OC)n1. The molecule has 7 nitrogen and oxygen atoms in total. The van der Waals surface area contributed by atoms with Crippen LogP contribution in [0.25, 0.3) is 11.1 Å². The van der Waals surface area contributed by atoms with Crippen LogP contribution in [0, 0.1) is 6.92 Å². The Morgan fingerprint density at radius 1 is 1.18 bits per heavy atom. The highest BCUT2D eigenvalue weighted by molar-refractivity contribution is 5.79. The second kappa shape index (κ2) is 10.4. The Morgan fingerprint density at radius 2 is 2.00 bits per heavy atom. The van der Waals surface area contributed by atoms with E-state index >= 15 is 0 Å². The molecule has 1 fully saturated rings. The molecule has 1 saturated heterocycles. The molecule has 3 aromatic rings. The van der Waals surface area contributed by atoms with Crippen LogP contribution >= 0.6 is 0 Å². The lowest BCUT2D eigenvalue weighted by molar-refractivity contribution is -0.134. The number of rotatable bonds is 8. The predicted molar refractivity (Wildman–Crippen MR) is 126 cm³/mol. The molecule has 0 radical (unpaired) electrons. The van der Waals surface area contributed by atoms with Crippen molar-refractivity contribution in [2.24, 2.45) is 0 Å². The molecule has 2 aromatic heterocycles. The van der Waals surface area contributed by atoms with Crippen LogP contribution in [-0.2, 0) is 11.2 Å². The van der Waals surface area contributed by atoms with Crippen LogP contribution in [0.4, 0.5) is 0 Å². The summed E-state index contributed by atoms with van der Waals surface area (Å²) >= 11 is 0. The molecule has 7 heteroatoms. The van der Waals surface area contributed by atoms with Crippen molar-refractivity contribution < 1.29 is 14.3 Å². The summed E-state index contributed by atoms with van der Waals surface area (Å²) in [5, 5.41) is 0. The van der Waals surface area contributed by atoms with E-state index in [1.165, 1.54) is 0 Å². The van der Waals surface area contributed by atoms with E-state index in [2.05, 4.69) is 16.9 Å². The standard InChI is InChI=1S/C26H30N4O3/c1-4-6-24-28-16-20(19-10-12-27-13-11-19)26(29-24)21-7-5-14-30(21)25(31)17-33-22-9-8-18(2)15-23(22)32-3/h8-13,15-16,21H,4-7,14,17H2,1-3H3/t21-/m1/s1. The Labute approximate surface area is 194 Å². The van der Waals surface area contributed by atoms with Gasteiger partial charge in [-0.15, -0.1) is 0 Å². The van der Waals surface area contributed by atoms with Crippen LogP contribution in [0.3, 0.4) is 0 Å². The first-order valence-electron chi connectivity index (χ1n) is 11.4. The predicted octanol–water partition coefficient (Wildman–Crippen LogP) is 4.55. The Morgan fingerprint density at radius 3 is 2.76 bits per heavy atom. The summed E-state index contributed by atoms with van der Waals surface area (Å²) in [5.74, 6) is 1.94. The van der Waals surface area contributed by atoms with E-state index in [9.17, 15) is 4.79 Å². The van der Waals surface area contributed by atoms with Gasteiger partial charge >= 0.3 is 0 Å². The van der Waals surface area contributed by atoms with Gasteiger partial charge in [-0.3, -0.25) is 9.78 Å². The van der Waals surface area contributed by atoms with Crippen LogP contribution in [0.15, 0.2) is 48.9 Å². The van der Waals surface area contributed by atoms with Gasteiger partial charge in [0.15, 0.2) is 18.1 Å².